The summed E-state index contributed by atoms with van der Waals surface area (Å²) < 4.78 is 5.79. The van der Waals surface area contributed by atoms with Crippen molar-refractivity contribution < 1.29 is 4.74 Å². The highest BCUT2D eigenvalue weighted by Gasteiger charge is 2.38. The molecule has 1 aromatic carbocycles. The van der Waals surface area contributed by atoms with Crippen molar-refractivity contribution in [2.24, 2.45) is 0 Å². The molecule has 0 amide bonds. The van der Waals surface area contributed by atoms with Crippen LogP contribution in [-0.2, 0) is 4.74 Å². The summed E-state index contributed by atoms with van der Waals surface area (Å²) in [6, 6.07) is 7.84. The largest absolute Gasteiger partial charge is 0.357 e. The van der Waals surface area contributed by atoms with E-state index in [-0.39, 0.29) is 11.8 Å². The molecule has 82 valence electrons. The van der Waals surface area contributed by atoms with Gasteiger partial charge in [-0.25, -0.2) is 0 Å². The van der Waals surface area contributed by atoms with E-state index in [4.69, 9.17) is 16.3 Å². The second-order valence-corrected chi connectivity index (χ2v) is 5.07. The standard InChI is InChI=1S/C12H16ClNO/c1-12(2)8-15-11(14(12)3)9-4-6-10(13)7-5-9/h4-7,11H,8H2,1-3H3. The molecule has 0 saturated carbocycles. The van der Waals surface area contributed by atoms with Gasteiger partial charge in [-0.05, 0) is 38.6 Å². The molecule has 0 radical (unpaired) electrons. The molecule has 2 rings (SSSR count). The van der Waals surface area contributed by atoms with Crippen LogP contribution in [0.1, 0.15) is 25.6 Å². The summed E-state index contributed by atoms with van der Waals surface area (Å²) in [5, 5.41) is 0.763. The van der Waals surface area contributed by atoms with Crippen LogP contribution in [0.5, 0.6) is 0 Å². The number of benzene rings is 1. The number of likely N-dealkylation sites (N-methyl/N-ethyl adjacent to an activating group) is 1. The van der Waals surface area contributed by atoms with E-state index >= 15 is 0 Å². The maximum atomic E-state index is 5.86. The molecule has 1 heterocycles. The van der Waals surface area contributed by atoms with Gasteiger partial charge in [0.15, 0.2) is 0 Å². The number of ether oxygens (including phenoxy) is 1. The lowest BCUT2D eigenvalue weighted by atomic mass is 10.1. The van der Waals surface area contributed by atoms with Crippen molar-refractivity contribution in [2.75, 3.05) is 13.7 Å². The van der Waals surface area contributed by atoms with Gasteiger partial charge in [0, 0.05) is 10.6 Å². The van der Waals surface area contributed by atoms with Gasteiger partial charge in [0.05, 0.1) is 6.61 Å². The van der Waals surface area contributed by atoms with Crippen LogP contribution in [0.15, 0.2) is 24.3 Å². The molecule has 15 heavy (non-hydrogen) atoms. The zero-order valence-corrected chi connectivity index (χ0v) is 10.1. The minimum absolute atomic E-state index is 0.0530. The van der Waals surface area contributed by atoms with E-state index in [0.717, 1.165) is 17.2 Å². The quantitative estimate of drug-likeness (QED) is 0.729. The third-order valence-corrected chi connectivity index (χ3v) is 3.31. The molecule has 1 aromatic rings. The number of halogens is 1. The van der Waals surface area contributed by atoms with E-state index in [9.17, 15) is 0 Å². The first-order valence-electron chi connectivity index (χ1n) is 5.11. The third-order valence-electron chi connectivity index (χ3n) is 3.06. The maximum absolute atomic E-state index is 5.86. The lowest BCUT2D eigenvalue weighted by molar-refractivity contribution is 0.0399. The summed E-state index contributed by atoms with van der Waals surface area (Å²) in [5.41, 5.74) is 1.26. The van der Waals surface area contributed by atoms with Crippen molar-refractivity contribution >= 4 is 11.6 Å². The van der Waals surface area contributed by atoms with Gasteiger partial charge in [-0.15, -0.1) is 0 Å². The summed E-state index contributed by atoms with van der Waals surface area (Å²) in [7, 11) is 2.09. The third kappa shape index (κ3) is 2.03. The first-order valence-corrected chi connectivity index (χ1v) is 5.48. The van der Waals surface area contributed by atoms with Gasteiger partial charge in [-0.2, -0.15) is 0 Å². The van der Waals surface area contributed by atoms with Crippen molar-refractivity contribution in [1.29, 1.82) is 0 Å². The first-order chi connectivity index (χ1) is 7.00. The fraction of sp³-hybridized carbons (Fsp3) is 0.500. The fourth-order valence-corrected chi connectivity index (χ4v) is 1.89. The number of hydrogen-bond donors (Lipinski definition) is 0. The smallest absolute Gasteiger partial charge is 0.137 e. The molecule has 1 atom stereocenters. The Bertz CT molecular complexity index is 347. The van der Waals surface area contributed by atoms with E-state index in [1.54, 1.807) is 0 Å². The first kappa shape index (κ1) is 10.9. The Hall–Kier alpha value is -0.570. The normalized spacial score (nSPS) is 25.7. The van der Waals surface area contributed by atoms with Gasteiger partial charge in [0.2, 0.25) is 0 Å². The Morgan fingerprint density at radius 1 is 1.33 bits per heavy atom. The van der Waals surface area contributed by atoms with Crippen LogP contribution >= 0.6 is 11.6 Å². The van der Waals surface area contributed by atoms with E-state index in [1.165, 1.54) is 0 Å². The molecule has 1 aliphatic heterocycles. The van der Waals surface area contributed by atoms with Crippen LogP contribution in [0.25, 0.3) is 0 Å². The van der Waals surface area contributed by atoms with E-state index in [2.05, 4.69) is 25.8 Å². The topological polar surface area (TPSA) is 12.5 Å². The van der Waals surface area contributed by atoms with E-state index < -0.39 is 0 Å². The molecular weight excluding hydrogens is 210 g/mol. The highest BCUT2D eigenvalue weighted by Crippen LogP contribution is 2.35. The number of nitrogens with zero attached hydrogens (tertiary/aromatic N) is 1. The highest BCUT2D eigenvalue weighted by atomic mass is 35.5. The van der Waals surface area contributed by atoms with Crippen LogP contribution in [0.2, 0.25) is 5.02 Å². The lowest BCUT2D eigenvalue weighted by Gasteiger charge is -2.29. The van der Waals surface area contributed by atoms with Gasteiger partial charge in [-0.3, -0.25) is 4.90 Å². The van der Waals surface area contributed by atoms with Crippen LogP contribution in [0.3, 0.4) is 0 Å². The monoisotopic (exact) mass is 225 g/mol. The number of rotatable bonds is 1. The molecule has 1 saturated heterocycles. The Kier molecular flexibility index (Phi) is 2.75. The summed E-state index contributed by atoms with van der Waals surface area (Å²) in [6.45, 7) is 5.13. The molecule has 1 unspecified atom stereocenters. The summed E-state index contributed by atoms with van der Waals surface area (Å²) >= 11 is 5.86. The highest BCUT2D eigenvalue weighted by molar-refractivity contribution is 6.30. The molecule has 3 heteroatoms. The van der Waals surface area contributed by atoms with Crippen molar-refractivity contribution in [1.82, 2.24) is 4.90 Å². The zero-order chi connectivity index (χ0) is 11.1. The van der Waals surface area contributed by atoms with Crippen molar-refractivity contribution in [3.05, 3.63) is 34.9 Å². The zero-order valence-electron chi connectivity index (χ0n) is 9.33. The minimum atomic E-state index is 0.0530. The molecule has 2 nitrogen and oxygen atoms in total. The molecule has 0 aromatic heterocycles. The van der Waals surface area contributed by atoms with Crippen LogP contribution in [0, 0.1) is 0 Å². The summed E-state index contributed by atoms with van der Waals surface area (Å²) in [4.78, 5) is 2.25. The molecule has 0 N–H and O–H groups in total. The van der Waals surface area contributed by atoms with Crippen molar-refractivity contribution in [2.45, 2.75) is 25.6 Å². The van der Waals surface area contributed by atoms with Crippen LogP contribution in [-0.4, -0.2) is 24.1 Å². The predicted molar refractivity (Wildman–Crippen MR) is 62.0 cm³/mol. The summed E-state index contributed by atoms with van der Waals surface area (Å²) in [6.07, 6.45) is 0.0530. The van der Waals surface area contributed by atoms with E-state index in [0.29, 0.717) is 0 Å². The predicted octanol–water partition coefficient (Wildman–Crippen LogP) is 3.08. The van der Waals surface area contributed by atoms with E-state index in [1.807, 2.05) is 24.3 Å². The summed E-state index contributed by atoms with van der Waals surface area (Å²) in [5.74, 6) is 0. The van der Waals surface area contributed by atoms with Crippen LogP contribution in [0.4, 0.5) is 0 Å². The number of hydrogen-bond acceptors (Lipinski definition) is 2. The van der Waals surface area contributed by atoms with Gasteiger partial charge in [-0.1, -0.05) is 23.7 Å². The van der Waals surface area contributed by atoms with Crippen molar-refractivity contribution in [3.63, 3.8) is 0 Å². The van der Waals surface area contributed by atoms with Crippen molar-refractivity contribution in [3.8, 4) is 0 Å². The maximum Gasteiger partial charge on any atom is 0.137 e. The fourth-order valence-electron chi connectivity index (χ4n) is 1.76. The molecule has 0 aliphatic carbocycles. The SMILES string of the molecule is CN1C(c2ccc(Cl)cc2)OCC1(C)C. The molecule has 1 aliphatic rings. The Labute approximate surface area is 95.8 Å². The second-order valence-electron chi connectivity index (χ2n) is 4.64. The van der Waals surface area contributed by atoms with Gasteiger partial charge < -0.3 is 4.74 Å². The van der Waals surface area contributed by atoms with Crippen LogP contribution < -0.4 is 0 Å². The van der Waals surface area contributed by atoms with Gasteiger partial charge in [0.25, 0.3) is 0 Å². The Balaban J connectivity index is 2.23. The van der Waals surface area contributed by atoms with Gasteiger partial charge >= 0.3 is 0 Å². The molecule has 0 bridgehead atoms. The molecule has 1 fully saturated rings. The Morgan fingerprint density at radius 3 is 2.40 bits per heavy atom. The average Bonchev–Trinajstić information content (AvgIpc) is 2.45. The average molecular weight is 226 g/mol. The Morgan fingerprint density at radius 2 is 1.93 bits per heavy atom. The molecule has 0 spiro atoms. The lowest BCUT2D eigenvalue weighted by Crippen LogP contribution is -2.38. The minimum Gasteiger partial charge on any atom is -0.357 e. The second kappa shape index (κ2) is 3.78. The van der Waals surface area contributed by atoms with Gasteiger partial charge in [0.1, 0.15) is 6.23 Å². The molecular formula is C12H16ClNO.